The smallest absolute Gasteiger partial charge is 0.233 e. The van der Waals surface area contributed by atoms with Gasteiger partial charge in [0.2, 0.25) is 5.91 Å². The fourth-order valence-electron chi connectivity index (χ4n) is 1.68. The second-order valence-corrected chi connectivity index (χ2v) is 5.01. The number of nitrogens with one attached hydrogen (secondary N) is 1. The number of amides is 1. The van der Waals surface area contributed by atoms with E-state index in [1.807, 2.05) is 39.8 Å². The summed E-state index contributed by atoms with van der Waals surface area (Å²) in [7, 11) is 0. The number of carbonyl (C=O) groups excluding carboxylic acids is 1. The van der Waals surface area contributed by atoms with Crippen LogP contribution in [0.15, 0.2) is 12.1 Å². The van der Waals surface area contributed by atoms with E-state index in [-0.39, 0.29) is 5.91 Å². The standard InChI is InChI=1S/C13H17NO2/c1-8-5-6-10-11(9(8)2)16-7-13(3,4)12(15)14-10/h5-6H,7H2,1-4H3,(H,14,15). The summed E-state index contributed by atoms with van der Waals surface area (Å²) in [4.78, 5) is 11.9. The van der Waals surface area contributed by atoms with Crippen LogP contribution in [-0.4, -0.2) is 12.5 Å². The van der Waals surface area contributed by atoms with Gasteiger partial charge in [0.25, 0.3) is 0 Å². The second kappa shape index (κ2) is 3.51. The van der Waals surface area contributed by atoms with Gasteiger partial charge >= 0.3 is 0 Å². The quantitative estimate of drug-likeness (QED) is 0.728. The van der Waals surface area contributed by atoms with Gasteiger partial charge in [-0.3, -0.25) is 4.79 Å². The molecule has 0 unspecified atom stereocenters. The van der Waals surface area contributed by atoms with Crippen molar-refractivity contribution in [1.29, 1.82) is 0 Å². The van der Waals surface area contributed by atoms with Gasteiger partial charge in [0.15, 0.2) is 0 Å². The van der Waals surface area contributed by atoms with Gasteiger partial charge in [0.1, 0.15) is 12.4 Å². The van der Waals surface area contributed by atoms with Crippen molar-refractivity contribution < 1.29 is 9.53 Å². The van der Waals surface area contributed by atoms with Crippen molar-refractivity contribution in [2.75, 3.05) is 11.9 Å². The third-order valence-corrected chi connectivity index (χ3v) is 3.12. The molecule has 0 spiro atoms. The van der Waals surface area contributed by atoms with Crippen LogP contribution in [0.3, 0.4) is 0 Å². The van der Waals surface area contributed by atoms with Gasteiger partial charge in [-0.15, -0.1) is 0 Å². The molecule has 1 amide bonds. The molecule has 3 heteroatoms. The van der Waals surface area contributed by atoms with Crippen molar-refractivity contribution in [2.45, 2.75) is 27.7 Å². The maximum Gasteiger partial charge on any atom is 0.233 e. The number of carbonyl (C=O) groups is 1. The Morgan fingerprint density at radius 1 is 1.31 bits per heavy atom. The van der Waals surface area contributed by atoms with E-state index in [0.29, 0.717) is 6.61 Å². The molecule has 1 aliphatic rings. The number of fused-ring (bicyclic) bond motifs is 1. The lowest BCUT2D eigenvalue weighted by Gasteiger charge is -2.18. The second-order valence-electron chi connectivity index (χ2n) is 5.01. The number of anilines is 1. The lowest BCUT2D eigenvalue weighted by molar-refractivity contribution is -0.124. The largest absolute Gasteiger partial charge is 0.490 e. The first kappa shape index (κ1) is 11.0. The molecule has 1 aliphatic heterocycles. The molecule has 0 aliphatic carbocycles. The van der Waals surface area contributed by atoms with Gasteiger partial charge in [0, 0.05) is 0 Å². The van der Waals surface area contributed by atoms with E-state index in [1.165, 1.54) is 5.56 Å². The minimum Gasteiger partial charge on any atom is -0.490 e. The third-order valence-electron chi connectivity index (χ3n) is 3.12. The molecule has 1 N–H and O–H groups in total. The molecule has 16 heavy (non-hydrogen) atoms. The fraction of sp³-hybridized carbons (Fsp3) is 0.462. The topological polar surface area (TPSA) is 38.3 Å². The molecule has 0 radical (unpaired) electrons. The summed E-state index contributed by atoms with van der Waals surface area (Å²) in [5, 5.41) is 2.92. The van der Waals surface area contributed by atoms with Crippen LogP contribution in [0.4, 0.5) is 5.69 Å². The molecule has 0 saturated carbocycles. The SMILES string of the molecule is Cc1ccc2c(c1C)OCC(C)(C)C(=O)N2. The highest BCUT2D eigenvalue weighted by Gasteiger charge is 2.32. The van der Waals surface area contributed by atoms with E-state index < -0.39 is 5.41 Å². The minimum atomic E-state index is -0.487. The predicted molar refractivity (Wildman–Crippen MR) is 63.8 cm³/mol. The predicted octanol–water partition coefficient (Wildman–Crippen LogP) is 2.66. The van der Waals surface area contributed by atoms with Gasteiger partial charge in [-0.25, -0.2) is 0 Å². The van der Waals surface area contributed by atoms with E-state index in [9.17, 15) is 4.79 Å². The lowest BCUT2D eigenvalue weighted by Crippen LogP contribution is -2.33. The molecular weight excluding hydrogens is 202 g/mol. The first-order chi connectivity index (χ1) is 7.42. The van der Waals surface area contributed by atoms with Crippen molar-refractivity contribution in [3.63, 3.8) is 0 Å². The van der Waals surface area contributed by atoms with Gasteiger partial charge < -0.3 is 10.1 Å². The molecule has 0 bridgehead atoms. The van der Waals surface area contributed by atoms with Crippen molar-refractivity contribution >= 4 is 11.6 Å². The fourth-order valence-corrected chi connectivity index (χ4v) is 1.68. The molecular formula is C13H17NO2. The minimum absolute atomic E-state index is 0.00880. The van der Waals surface area contributed by atoms with Crippen molar-refractivity contribution in [2.24, 2.45) is 5.41 Å². The van der Waals surface area contributed by atoms with Crippen molar-refractivity contribution in [1.82, 2.24) is 0 Å². The summed E-state index contributed by atoms with van der Waals surface area (Å²) in [5.74, 6) is 0.813. The number of ether oxygens (including phenoxy) is 1. The first-order valence-corrected chi connectivity index (χ1v) is 5.46. The highest BCUT2D eigenvalue weighted by Crippen LogP contribution is 2.35. The summed E-state index contributed by atoms with van der Waals surface area (Å²) in [6.07, 6.45) is 0. The maximum atomic E-state index is 11.9. The normalized spacial score (nSPS) is 18.1. The summed E-state index contributed by atoms with van der Waals surface area (Å²) < 4.78 is 5.76. The van der Waals surface area contributed by atoms with Crippen LogP contribution < -0.4 is 10.1 Å². The number of rotatable bonds is 0. The van der Waals surface area contributed by atoms with Crippen molar-refractivity contribution in [3.05, 3.63) is 23.3 Å². The van der Waals surface area contributed by atoms with E-state index in [2.05, 4.69) is 5.32 Å². The summed E-state index contributed by atoms with van der Waals surface area (Å²) >= 11 is 0. The molecule has 1 aromatic rings. The Morgan fingerprint density at radius 3 is 2.69 bits per heavy atom. The number of aryl methyl sites for hydroxylation is 1. The maximum absolute atomic E-state index is 11.9. The van der Waals surface area contributed by atoms with E-state index in [4.69, 9.17) is 4.74 Å². The van der Waals surface area contributed by atoms with Gasteiger partial charge in [-0.05, 0) is 44.9 Å². The van der Waals surface area contributed by atoms with E-state index in [0.717, 1.165) is 17.0 Å². The monoisotopic (exact) mass is 219 g/mol. The van der Waals surface area contributed by atoms with Crippen LogP contribution in [0.25, 0.3) is 0 Å². The molecule has 86 valence electrons. The molecule has 0 saturated heterocycles. The Bertz CT molecular complexity index is 449. The molecule has 1 heterocycles. The first-order valence-electron chi connectivity index (χ1n) is 5.46. The summed E-state index contributed by atoms with van der Waals surface area (Å²) in [5.41, 5.74) is 2.56. The number of benzene rings is 1. The molecule has 0 atom stereocenters. The van der Waals surface area contributed by atoms with Crippen LogP contribution in [0.2, 0.25) is 0 Å². The van der Waals surface area contributed by atoms with E-state index in [1.54, 1.807) is 0 Å². The summed E-state index contributed by atoms with van der Waals surface area (Å²) in [6.45, 7) is 8.23. The Kier molecular flexibility index (Phi) is 2.41. The Morgan fingerprint density at radius 2 is 2.00 bits per heavy atom. The molecule has 3 nitrogen and oxygen atoms in total. The van der Waals surface area contributed by atoms with Crippen LogP contribution in [-0.2, 0) is 4.79 Å². The van der Waals surface area contributed by atoms with Crippen LogP contribution in [0, 0.1) is 19.3 Å². The Balaban J connectivity index is 2.49. The Labute approximate surface area is 95.8 Å². The average molecular weight is 219 g/mol. The highest BCUT2D eigenvalue weighted by atomic mass is 16.5. The molecule has 2 rings (SSSR count). The van der Waals surface area contributed by atoms with Crippen molar-refractivity contribution in [3.8, 4) is 5.75 Å². The van der Waals surface area contributed by atoms with Gasteiger partial charge in [-0.2, -0.15) is 0 Å². The zero-order valence-electron chi connectivity index (χ0n) is 10.2. The number of hydrogen-bond acceptors (Lipinski definition) is 2. The zero-order valence-corrected chi connectivity index (χ0v) is 10.2. The average Bonchev–Trinajstić information content (AvgIpc) is 2.32. The van der Waals surface area contributed by atoms with Gasteiger partial charge in [0.05, 0.1) is 11.1 Å². The van der Waals surface area contributed by atoms with E-state index >= 15 is 0 Å². The Hall–Kier alpha value is -1.51. The van der Waals surface area contributed by atoms with Crippen LogP contribution in [0.5, 0.6) is 5.75 Å². The molecule has 0 fully saturated rings. The molecule has 0 aromatic heterocycles. The van der Waals surface area contributed by atoms with Gasteiger partial charge in [-0.1, -0.05) is 6.07 Å². The molecule has 1 aromatic carbocycles. The van der Waals surface area contributed by atoms with Crippen LogP contribution in [0.1, 0.15) is 25.0 Å². The lowest BCUT2D eigenvalue weighted by atomic mass is 9.94. The zero-order chi connectivity index (χ0) is 11.9. The van der Waals surface area contributed by atoms with Crippen LogP contribution >= 0.6 is 0 Å². The third kappa shape index (κ3) is 1.66. The summed E-state index contributed by atoms with van der Waals surface area (Å²) in [6, 6.07) is 3.90. The highest BCUT2D eigenvalue weighted by molar-refractivity contribution is 5.97. The number of hydrogen-bond donors (Lipinski definition) is 1.